The molecule has 0 radical (unpaired) electrons. The van der Waals surface area contributed by atoms with E-state index in [9.17, 15) is 18.0 Å². The Bertz CT molecular complexity index is 415. The molecule has 1 atom stereocenters. The van der Waals surface area contributed by atoms with E-state index >= 15 is 0 Å². The third-order valence-corrected chi connectivity index (χ3v) is 2.32. The zero-order chi connectivity index (χ0) is 13.2. The second kappa shape index (κ2) is 4.75. The molecular weight excluding hydrogens is 233 g/mol. The van der Waals surface area contributed by atoms with Gasteiger partial charge in [-0.05, 0) is 31.8 Å². The van der Waals surface area contributed by atoms with Crippen LogP contribution in [-0.2, 0) is 11.0 Å². The lowest BCUT2D eigenvalue weighted by atomic mass is 10.0. The summed E-state index contributed by atoms with van der Waals surface area (Å²) in [6.07, 6.45) is -4.43. The van der Waals surface area contributed by atoms with E-state index in [0.29, 0.717) is 0 Å². The van der Waals surface area contributed by atoms with Gasteiger partial charge in [-0.15, -0.1) is 0 Å². The first-order chi connectivity index (χ1) is 7.73. The van der Waals surface area contributed by atoms with Crippen LogP contribution in [0.25, 0.3) is 0 Å². The van der Waals surface area contributed by atoms with Gasteiger partial charge in [-0.1, -0.05) is 12.1 Å². The van der Waals surface area contributed by atoms with Gasteiger partial charge in [0.15, 0.2) is 0 Å². The molecule has 2 N–H and O–H groups in total. The molecule has 1 amide bonds. The van der Waals surface area contributed by atoms with Gasteiger partial charge in [-0.25, -0.2) is 0 Å². The van der Waals surface area contributed by atoms with E-state index in [1.807, 2.05) is 0 Å². The highest BCUT2D eigenvalue weighted by molar-refractivity contribution is 5.81. The number of amides is 1. The first-order valence-corrected chi connectivity index (χ1v) is 4.86. The maximum absolute atomic E-state index is 12.5. The number of likely N-dealkylation sites (N-methyl/N-ethyl adjacent to an activating group) is 1. The van der Waals surface area contributed by atoms with Gasteiger partial charge in [-0.3, -0.25) is 9.69 Å². The molecule has 0 saturated heterocycles. The quantitative estimate of drug-likeness (QED) is 0.883. The topological polar surface area (TPSA) is 46.3 Å². The van der Waals surface area contributed by atoms with E-state index in [2.05, 4.69) is 0 Å². The summed E-state index contributed by atoms with van der Waals surface area (Å²) in [7, 11) is 3.16. The summed E-state index contributed by atoms with van der Waals surface area (Å²) in [4.78, 5) is 12.7. The minimum absolute atomic E-state index is 0.234. The molecule has 0 heterocycles. The van der Waals surface area contributed by atoms with Crippen molar-refractivity contribution in [3.8, 4) is 0 Å². The lowest BCUT2D eigenvalue weighted by Gasteiger charge is -2.22. The van der Waals surface area contributed by atoms with E-state index in [1.54, 1.807) is 14.1 Å². The van der Waals surface area contributed by atoms with Crippen LogP contribution >= 0.6 is 0 Å². The molecule has 1 rings (SSSR count). The largest absolute Gasteiger partial charge is 0.416 e. The number of nitrogens with two attached hydrogens (primary N) is 1. The van der Waals surface area contributed by atoms with Gasteiger partial charge in [-0.2, -0.15) is 13.2 Å². The molecule has 3 nitrogen and oxygen atoms in total. The molecule has 1 aromatic rings. The van der Waals surface area contributed by atoms with E-state index in [1.165, 1.54) is 17.0 Å². The molecule has 0 aliphatic carbocycles. The molecular formula is C11H13F3N2O. The third kappa shape index (κ3) is 3.20. The minimum atomic E-state index is -4.43. The van der Waals surface area contributed by atoms with Crippen molar-refractivity contribution in [1.29, 1.82) is 0 Å². The Morgan fingerprint density at radius 3 is 2.35 bits per heavy atom. The molecule has 0 spiro atoms. The van der Waals surface area contributed by atoms with Crippen molar-refractivity contribution in [2.45, 2.75) is 12.2 Å². The van der Waals surface area contributed by atoms with Crippen LogP contribution in [0.1, 0.15) is 17.2 Å². The molecule has 6 heteroatoms. The number of hydrogen-bond donors (Lipinski definition) is 1. The summed E-state index contributed by atoms with van der Waals surface area (Å²) in [6.45, 7) is 0. The van der Waals surface area contributed by atoms with Crippen molar-refractivity contribution in [2.75, 3.05) is 14.1 Å². The number of carbonyl (C=O) groups is 1. The first kappa shape index (κ1) is 13.5. The Balaban J connectivity index is 3.18. The normalized spacial score (nSPS) is 13.8. The van der Waals surface area contributed by atoms with Gasteiger partial charge < -0.3 is 5.73 Å². The van der Waals surface area contributed by atoms with Crippen LogP contribution in [0.5, 0.6) is 0 Å². The van der Waals surface area contributed by atoms with Crippen molar-refractivity contribution in [2.24, 2.45) is 5.73 Å². The van der Waals surface area contributed by atoms with Gasteiger partial charge in [0.25, 0.3) is 0 Å². The van der Waals surface area contributed by atoms with Gasteiger partial charge in [0.05, 0.1) is 5.56 Å². The standard InChI is InChI=1S/C11H13F3N2O/c1-16(2)9(10(15)17)7-4-3-5-8(6-7)11(12,13)14/h3-6,9H,1-2H3,(H2,15,17). The van der Waals surface area contributed by atoms with Crippen LogP contribution in [0, 0.1) is 0 Å². The summed E-state index contributed by atoms with van der Waals surface area (Å²) < 4.78 is 37.5. The monoisotopic (exact) mass is 246 g/mol. The van der Waals surface area contributed by atoms with Crippen LogP contribution in [0.2, 0.25) is 0 Å². The van der Waals surface area contributed by atoms with Crippen molar-refractivity contribution < 1.29 is 18.0 Å². The number of primary amides is 1. The second-order valence-corrected chi connectivity index (χ2v) is 3.89. The number of benzene rings is 1. The summed E-state index contributed by atoms with van der Waals surface area (Å²) >= 11 is 0. The number of carbonyl (C=O) groups excluding carboxylic acids is 1. The molecule has 0 aromatic heterocycles. The van der Waals surface area contributed by atoms with Gasteiger partial charge in [0.2, 0.25) is 5.91 Å². The highest BCUT2D eigenvalue weighted by Gasteiger charge is 2.31. The Hall–Kier alpha value is -1.56. The molecule has 1 aromatic carbocycles. The molecule has 94 valence electrons. The summed E-state index contributed by atoms with van der Waals surface area (Å²) in [5, 5.41) is 0. The lowest BCUT2D eigenvalue weighted by molar-refractivity contribution is -0.137. The van der Waals surface area contributed by atoms with E-state index in [-0.39, 0.29) is 5.56 Å². The predicted octanol–water partition coefficient (Wildman–Crippen LogP) is 1.79. The molecule has 0 fully saturated rings. The van der Waals surface area contributed by atoms with E-state index in [0.717, 1.165) is 12.1 Å². The smallest absolute Gasteiger partial charge is 0.368 e. The zero-order valence-electron chi connectivity index (χ0n) is 9.45. The highest BCUT2D eigenvalue weighted by atomic mass is 19.4. The molecule has 0 bridgehead atoms. The molecule has 0 aliphatic rings. The molecule has 0 aliphatic heterocycles. The lowest BCUT2D eigenvalue weighted by Crippen LogP contribution is -2.32. The van der Waals surface area contributed by atoms with Crippen LogP contribution in [-0.4, -0.2) is 24.9 Å². The van der Waals surface area contributed by atoms with Crippen LogP contribution < -0.4 is 5.73 Å². The Morgan fingerprint density at radius 2 is 1.94 bits per heavy atom. The van der Waals surface area contributed by atoms with Crippen LogP contribution in [0.3, 0.4) is 0 Å². The first-order valence-electron chi connectivity index (χ1n) is 4.86. The van der Waals surface area contributed by atoms with Gasteiger partial charge >= 0.3 is 6.18 Å². The van der Waals surface area contributed by atoms with Crippen LogP contribution in [0.15, 0.2) is 24.3 Å². The Labute approximate surface area is 97.0 Å². The fourth-order valence-electron chi connectivity index (χ4n) is 1.60. The van der Waals surface area contributed by atoms with Crippen molar-refractivity contribution >= 4 is 5.91 Å². The SMILES string of the molecule is CN(C)C(C(N)=O)c1cccc(C(F)(F)F)c1. The number of nitrogens with zero attached hydrogens (tertiary/aromatic N) is 1. The number of alkyl halides is 3. The van der Waals surface area contributed by atoms with Crippen LogP contribution in [0.4, 0.5) is 13.2 Å². The number of rotatable bonds is 3. The number of halogens is 3. The van der Waals surface area contributed by atoms with Crippen molar-refractivity contribution in [3.63, 3.8) is 0 Å². The average molecular weight is 246 g/mol. The maximum atomic E-state index is 12.5. The van der Waals surface area contributed by atoms with Gasteiger partial charge in [0.1, 0.15) is 6.04 Å². The maximum Gasteiger partial charge on any atom is 0.416 e. The number of hydrogen-bond acceptors (Lipinski definition) is 2. The van der Waals surface area contributed by atoms with Crippen molar-refractivity contribution in [1.82, 2.24) is 4.90 Å². The molecule has 17 heavy (non-hydrogen) atoms. The fourth-order valence-corrected chi connectivity index (χ4v) is 1.60. The summed E-state index contributed by atoms with van der Waals surface area (Å²) in [6, 6.07) is 3.74. The second-order valence-electron chi connectivity index (χ2n) is 3.89. The van der Waals surface area contributed by atoms with Crippen molar-refractivity contribution in [3.05, 3.63) is 35.4 Å². The van der Waals surface area contributed by atoms with E-state index < -0.39 is 23.7 Å². The fraction of sp³-hybridized carbons (Fsp3) is 0.364. The summed E-state index contributed by atoms with van der Waals surface area (Å²) in [5.41, 5.74) is 4.61. The minimum Gasteiger partial charge on any atom is -0.368 e. The van der Waals surface area contributed by atoms with E-state index in [4.69, 9.17) is 5.73 Å². The average Bonchev–Trinajstić information content (AvgIpc) is 2.15. The highest BCUT2D eigenvalue weighted by Crippen LogP contribution is 2.31. The predicted molar refractivity (Wildman–Crippen MR) is 57.1 cm³/mol. The Kier molecular flexibility index (Phi) is 3.77. The summed E-state index contributed by atoms with van der Waals surface area (Å²) in [5.74, 6) is -0.686. The molecule has 0 saturated carbocycles. The van der Waals surface area contributed by atoms with Gasteiger partial charge in [0, 0.05) is 0 Å². The zero-order valence-corrected chi connectivity index (χ0v) is 9.45. The molecule has 1 unspecified atom stereocenters. The Morgan fingerprint density at radius 1 is 1.35 bits per heavy atom. The third-order valence-electron chi connectivity index (χ3n) is 2.32.